The summed E-state index contributed by atoms with van der Waals surface area (Å²) < 4.78 is 20.2. The van der Waals surface area contributed by atoms with Crippen LogP contribution in [0.1, 0.15) is 33.1 Å². The van der Waals surface area contributed by atoms with Crippen LogP contribution in [0.15, 0.2) is 18.2 Å². The van der Waals surface area contributed by atoms with E-state index in [-0.39, 0.29) is 19.0 Å². The number of hydrogen-bond acceptors (Lipinski definition) is 5. The molecule has 0 spiro atoms. The molecule has 8 nitrogen and oxygen atoms in total. The van der Waals surface area contributed by atoms with Gasteiger partial charge in [-0.2, -0.15) is 5.26 Å². The summed E-state index contributed by atoms with van der Waals surface area (Å²) in [7, 11) is 0. The predicted molar refractivity (Wildman–Crippen MR) is 114 cm³/mol. The first-order chi connectivity index (χ1) is 14.8. The number of carbonyl (C=O) groups excluding carboxylic acids is 1. The van der Waals surface area contributed by atoms with Crippen LogP contribution >= 0.6 is 0 Å². The molecule has 1 unspecified atom stereocenters. The van der Waals surface area contributed by atoms with Gasteiger partial charge >= 0.3 is 12.2 Å². The molecule has 31 heavy (non-hydrogen) atoms. The first-order valence-electron chi connectivity index (χ1n) is 10.7. The first kappa shape index (κ1) is 22.7. The summed E-state index contributed by atoms with van der Waals surface area (Å²) in [5.41, 5.74) is 0.871. The monoisotopic (exact) mass is 432 g/mol. The molecule has 3 rings (SSSR count). The summed E-state index contributed by atoms with van der Waals surface area (Å²) in [6, 6.07) is 6.87. The van der Waals surface area contributed by atoms with E-state index in [2.05, 4.69) is 6.07 Å². The van der Waals surface area contributed by atoms with E-state index in [1.165, 1.54) is 15.9 Å². The number of nitriles is 1. The lowest BCUT2D eigenvalue weighted by Crippen LogP contribution is -2.40. The normalized spacial score (nSPS) is 19.5. The van der Waals surface area contributed by atoms with Crippen molar-refractivity contribution in [1.82, 2.24) is 4.90 Å². The van der Waals surface area contributed by atoms with Gasteiger partial charge < -0.3 is 19.6 Å². The molecule has 2 fully saturated rings. The van der Waals surface area contributed by atoms with E-state index in [4.69, 9.17) is 10.00 Å². The molecular weight excluding hydrogens is 403 g/mol. The fourth-order valence-corrected chi connectivity index (χ4v) is 4.17. The van der Waals surface area contributed by atoms with Crippen LogP contribution in [0.25, 0.3) is 0 Å². The Balaban J connectivity index is 1.64. The number of nitrogens with zero attached hydrogens (tertiary/aromatic N) is 4. The van der Waals surface area contributed by atoms with Crippen molar-refractivity contribution in [2.45, 2.75) is 39.2 Å². The predicted octanol–water partition coefficient (Wildman–Crippen LogP) is 3.92. The van der Waals surface area contributed by atoms with Gasteiger partial charge in [0.25, 0.3) is 0 Å². The molecule has 0 saturated carbocycles. The molecule has 1 atom stereocenters. The smallest absolute Gasteiger partial charge is 0.414 e. The first-order valence-corrected chi connectivity index (χ1v) is 10.7. The quantitative estimate of drug-likeness (QED) is 0.701. The third kappa shape index (κ3) is 5.57. The van der Waals surface area contributed by atoms with E-state index in [1.807, 2.05) is 18.7 Å². The van der Waals surface area contributed by atoms with Crippen molar-refractivity contribution in [3.8, 4) is 6.07 Å². The van der Waals surface area contributed by atoms with Crippen LogP contribution in [0.4, 0.5) is 25.4 Å². The molecule has 2 saturated heterocycles. The molecule has 2 aliphatic rings. The number of rotatable bonds is 7. The second kappa shape index (κ2) is 9.86. The minimum Gasteiger partial charge on any atom is -0.465 e. The number of benzene rings is 1. The van der Waals surface area contributed by atoms with Gasteiger partial charge in [-0.15, -0.1) is 0 Å². The van der Waals surface area contributed by atoms with Crippen molar-refractivity contribution in [3.05, 3.63) is 24.0 Å². The number of amides is 2. The standard InChI is InChI=1S/C22H29FN4O4/c1-15(2)12-26(21(28)29)13-18-14-27(22(30)31-18)17-3-4-20(19(23)11-17)25-9-6-16(5-8-24)7-10-25/h3-4,11,15-16,18H,5-7,9-10,12-14H2,1-2H3,(H,28,29). The van der Waals surface area contributed by atoms with Crippen LogP contribution in [0, 0.1) is 29.0 Å². The van der Waals surface area contributed by atoms with E-state index < -0.39 is 24.1 Å². The number of halogens is 1. The average Bonchev–Trinajstić information content (AvgIpc) is 3.08. The maximum Gasteiger partial charge on any atom is 0.414 e. The molecule has 2 amide bonds. The van der Waals surface area contributed by atoms with Crippen molar-refractivity contribution in [1.29, 1.82) is 5.26 Å². The highest BCUT2D eigenvalue weighted by atomic mass is 19.1. The molecular formula is C22H29FN4O4. The summed E-state index contributed by atoms with van der Waals surface area (Å²) in [4.78, 5) is 28.3. The van der Waals surface area contributed by atoms with E-state index in [9.17, 15) is 19.1 Å². The Morgan fingerprint density at radius 3 is 2.68 bits per heavy atom. The van der Waals surface area contributed by atoms with Gasteiger partial charge in [0.05, 0.1) is 30.5 Å². The van der Waals surface area contributed by atoms with Crippen LogP contribution in [0.3, 0.4) is 0 Å². The van der Waals surface area contributed by atoms with Gasteiger partial charge in [-0.3, -0.25) is 4.90 Å². The Bertz CT molecular complexity index is 848. The van der Waals surface area contributed by atoms with E-state index in [1.54, 1.807) is 12.1 Å². The van der Waals surface area contributed by atoms with Gasteiger partial charge in [-0.1, -0.05) is 13.8 Å². The number of piperidine rings is 1. The Morgan fingerprint density at radius 2 is 2.10 bits per heavy atom. The van der Waals surface area contributed by atoms with Gasteiger partial charge in [0.1, 0.15) is 11.9 Å². The summed E-state index contributed by atoms with van der Waals surface area (Å²) in [5.74, 6) is 0.0938. The molecule has 9 heteroatoms. The molecule has 168 valence electrons. The minimum atomic E-state index is -1.06. The minimum absolute atomic E-state index is 0.0773. The van der Waals surface area contributed by atoms with Crippen LogP contribution in [0.5, 0.6) is 0 Å². The Hall–Kier alpha value is -3.02. The van der Waals surface area contributed by atoms with Crippen LogP contribution in [-0.4, -0.2) is 61.0 Å². The number of ether oxygens (including phenoxy) is 1. The van der Waals surface area contributed by atoms with Gasteiger partial charge in [0, 0.05) is 26.1 Å². The summed E-state index contributed by atoms with van der Waals surface area (Å²) in [6.45, 7) is 5.80. The average molecular weight is 432 g/mol. The highest BCUT2D eigenvalue weighted by molar-refractivity contribution is 5.90. The van der Waals surface area contributed by atoms with Gasteiger partial charge in [-0.25, -0.2) is 14.0 Å². The number of hydrogen-bond donors (Lipinski definition) is 1. The maximum atomic E-state index is 14.9. The molecule has 1 aromatic rings. The van der Waals surface area contributed by atoms with E-state index >= 15 is 0 Å². The van der Waals surface area contributed by atoms with Gasteiger partial charge in [0.2, 0.25) is 0 Å². The highest BCUT2D eigenvalue weighted by Crippen LogP contribution is 2.31. The van der Waals surface area contributed by atoms with Crippen molar-refractivity contribution in [2.24, 2.45) is 11.8 Å². The Labute approximate surface area is 181 Å². The highest BCUT2D eigenvalue weighted by Gasteiger charge is 2.35. The fourth-order valence-electron chi connectivity index (χ4n) is 4.17. The second-order valence-electron chi connectivity index (χ2n) is 8.63. The molecule has 0 radical (unpaired) electrons. The van der Waals surface area contributed by atoms with Gasteiger partial charge in [0.15, 0.2) is 0 Å². The molecule has 1 N–H and O–H groups in total. The summed E-state index contributed by atoms with van der Waals surface area (Å²) in [5, 5.41) is 18.2. The zero-order valence-electron chi connectivity index (χ0n) is 18.0. The van der Waals surface area contributed by atoms with Gasteiger partial charge in [-0.05, 0) is 42.9 Å². The Morgan fingerprint density at radius 1 is 1.39 bits per heavy atom. The zero-order chi connectivity index (χ0) is 22.5. The molecule has 1 aromatic carbocycles. The Kier molecular flexibility index (Phi) is 7.21. The molecule has 0 aliphatic carbocycles. The largest absolute Gasteiger partial charge is 0.465 e. The third-order valence-electron chi connectivity index (χ3n) is 5.73. The topological polar surface area (TPSA) is 97.1 Å². The fraction of sp³-hybridized carbons (Fsp3) is 0.591. The van der Waals surface area contributed by atoms with Crippen LogP contribution in [0.2, 0.25) is 0 Å². The summed E-state index contributed by atoms with van der Waals surface area (Å²) >= 11 is 0. The van der Waals surface area contributed by atoms with Crippen molar-refractivity contribution >= 4 is 23.6 Å². The second-order valence-corrected chi connectivity index (χ2v) is 8.63. The van der Waals surface area contributed by atoms with Crippen molar-refractivity contribution in [3.63, 3.8) is 0 Å². The van der Waals surface area contributed by atoms with E-state index in [0.29, 0.717) is 43.3 Å². The number of carbonyl (C=O) groups is 2. The van der Waals surface area contributed by atoms with E-state index in [0.717, 1.165) is 12.8 Å². The lowest BCUT2D eigenvalue weighted by molar-refractivity contribution is 0.0924. The lowest BCUT2D eigenvalue weighted by Gasteiger charge is -2.33. The van der Waals surface area contributed by atoms with Crippen LogP contribution < -0.4 is 9.80 Å². The zero-order valence-corrected chi connectivity index (χ0v) is 18.0. The number of anilines is 2. The molecule has 0 aromatic heterocycles. The third-order valence-corrected chi connectivity index (χ3v) is 5.73. The lowest BCUT2D eigenvalue weighted by atomic mass is 9.94. The van der Waals surface area contributed by atoms with Crippen molar-refractivity contribution in [2.75, 3.05) is 42.5 Å². The van der Waals surface area contributed by atoms with Crippen LogP contribution in [-0.2, 0) is 4.74 Å². The number of cyclic esters (lactones) is 1. The SMILES string of the molecule is CC(C)CN(CC1CN(c2ccc(N3CCC(CC#N)CC3)c(F)c2)C(=O)O1)C(=O)O. The maximum absolute atomic E-state index is 14.9. The van der Waals surface area contributed by atoms with Crippen molar-refractivity contribution < 1.29 is 23.8 Å². The summed E-state index contributed by atoms with van der Waals surface area (Å²) in [6.07, 6.45) is -0.0357. The number of carboxylic acid groups (broad SMARTS) is 1. The molecule has 0 bridgehead atoms. The molecule has 2 aliphatic heterocycles. The molecule has 2 heterocycles.